The van der Waals surface area contributed by atoms with Crippen molar-refractivity contribution in [1.82, 2.24) is 10.2 Å². The molecule has 0 aliphatic carbocycles. The summed E-state index contributed by atoms with van der Waals surface area (Å²) in [6.07, 6.45) is 3.29. The lowest BCUT2D eigenvalue weighted by Gasteiger charge is -2.42. The zero-order valence-electron chi connectivity index (χ0n) is 12.3. The van der Waals surface area contributed by atoms with E-state index < -0.39 is 5.54 Å². The van der Waals surface area contributed by atoms with Crippen LogP contribution in [0.5, 0.6) is 0 Å². The Balaban J connectivity index is 2.57. The molecule has 0 aromatic heterocycles. The van der Waals surface area contributed by atoms with Gasteiger partial charge in [0.05, 0.1) is 11.7 Å². The van der Waals surface area contributed by atoms with Gasteiger partial charge in [0.15, 0.2) is 0 Å². The summed E-state index contributed by atoms with van der Waals surface area (Å²) in [5.41, 5.74) is -0.513. The summed E-state index contributed by atoms with van der Waals surface area (Å²) in [7, 11) is 1.78. The summed E-state index contributed by atoms with van der Waals surface area (Å²) < 4.78 is 5.59. The first-order valence-corrected chi connectivity index (χ1v) is 6.91. The molecule has 0 bridgehead atoms. The van der Waals surface area contributed by atoms with E-state index in [0.717, 1.165) is 45.4 Å². The Bertz CT molecular complexity index is 302. The summed E-state index contributed by atoms with van der Waals surface area (Å²) in [5.74, 6) is 0. The lowest BCUT2D eigenvalue weighted by atomic mass is 9.93. The Labute approximate surface area is 111 Å². The monoisotopic (exact) mass is 253 g/mol. The molecule has 1 aliphatic rings. The number of nitrogens with one attached hydrogen (secondary N) is 1. The molecular formula is C14H27N3O. The van der Waals surface area contributed by atoms with Crippen LogP contribution in [-0.2, 0) is 4.74 Å². The molecule has 0 amide bonds. The molecule has 18 heavy (non-hydrogen) atoms. The summed E-state index contributed by atoms with van der Waals surface area (Å²) in [4.78, 5) is 2.35. The standard InChI is InChI=1S/C14H27N3O/c1-5-8-16-13(2,10-15)11-17-9-6-7-14(3,12-17)18-4/h16H,5-9,11-12H2,1-4H3. The van der Waals surface area contributed by atoms with E-state index in [1.54, 1.807) is 7.11 Å². The van der Waals surface area contributed by atoms with E-state index in [1.165, 1.54) is 0 Å². The maximum absolute atomic E-state index is 9.36. The molecule has 1 saturated heterocycles. The minimum absolute atomic E-state index is 0.0562. The lowest BCUT2D eigenvalue weighted by molar-refractivity contribution is -0.0537. The van der Waals surface area contributed by atoms with Gasteiger partial charge in [-0.05, 0) is 46.2 Å². The third-order valence-electron chi connectivity index (χ3n) is 3.78. The molecule has 0 aromatic carbocycles. The molecule has 104 valence electrons. The van der Waals surface area contributed by atoms with Crippen molar-refractivity contribution in [3.63, 3.8) is 0 Å². The first-order valence-electron chi connectivity index (χ1n) is 6.91. The predicted octanol–water partition coefficient (Wildman–Crippen LogP) is 1.77. The van der Waals surface area contributed by atoms with Crippen LogP contribution in [0.2, 0.25) is 0 Å². The van der Waals surface area contributed by atoms with Crippen molar-refractivity contribution >= 4 is 0 Å². The molecule has 0 spiro atoms. The smallest absolute Gasteiger partial charge is 0.116 e. The van der Waals surface area contributed by atoms with Crippen molar-refractivity contribution in [3.05, 3.63) is 0 Å². The Hall–Kier alpha value is -0.630. The third kappa shape index (κ3) is 4.24. The van der Waals surface area contributed by atoms with E-state index in [1.807, 2.05) is 6.92 Å². The van der Waals surface area contributed by atoms with Crippen LogP contribution in [0.15, 0.2) is 0 Å². The molecule has 0 saturated carbocycles. The zero-order valence-corrected chi connectivity index (χ0v) is 12.3. The van der Waals surface area contributed by atoms with E-state index in [0.29, 0.717) is 0 Å². The van der Waals surface area contributed by atoms with Crippen LogP contribution in [0.25, 0.3) is 0 Å². The molecule has 1 aliphatic heterocycles. The molecule has 2 atom stereocenters. The predicted molar refractivity (Wildman–Crippen MR) is 73.4 cm³/mol. The second kappa shape index (κ2) is 6.51. The highest BCUT2D eigenvalue weighted by molar-refractivity contribution is 5.06. The van der Waals surface area contributed by atoms with Gasteiger partial charge >= 0.3 is 0 Å². The van der Waals surface area contributed by atoms with Crippen molar-refractivity contribution in [2.24, 2.45) is 0 Å². The highest BCUT2D eigenvalue weighted by Crippen LogP contribution is 2.24. The molecular weight excluding hydrogens is 226 g/mol. The van der Waals surface area contributed by atoms with E-state index >= 15 is 0 Å². The van der Waals surface area contributed by atoms with Gasteiger partial charge in [0.2, 0.25) is 0 Å². The molecule has 1 heterocycles. The summed E-state index contributed by atoms with van der Waals surface area (Å²) in [6.45, 7) is 9.89. The Morgan fingerprint density at radius 3 is 2.83 bits per heavy atom. The van der Waals surface area contributed by atoms with Gasteiger partial charge in [-0.1, -0.05) is 6.92 Å². The Morgan fingerprint density at radius 2 is 2.28 bits per heavy atom. The van der Waals surface area contributed by atoms with E-state index in [4.69, 9.17) is 4.74 Å². The normalized spacial score (nSPS) is 28.6. The van der Waals surface area contributed by atoms with Crippen LogP contribution in [0.1, 0.15) is 40.0 Å². The minimum Gasteiger partial charge on any atom is -0.377 e. The largest absolute Gasteiger partial charge is 0.377 e. The van der Waals surface area contributed by atoms with Crippen molar-refractivity contribution in [2.45, 2.75) is 51.2 Å². The van der Waals surface area contributed by atoms with Crippen LogP contribution in [-0.4, -0.2) is 49.3 Å². The van der Waals surface area contributed by atoms with Gasteiger partial charge in [-0.3, -0.25) is 10.2 Å². The average Bonchev–Trinajstić information content (AvgIpc) is 2.36. The van der Waals surface area contributed by atoms with Gasteiger partial charge in [0, 0.05) is 20.2 Å². The minimum atomic E-state index is -0.456. The number of methoxy groups -OCH3 is 1. The van der Waals surface area contributed by atoms with Crippen LogP contribution >= 0.6 is 0 Å². The van der Waals surface area contributed by atoms with Crippen molar-refractivity contribution < 1.29 is 4.74 Å². The van der Waals surface area contributed by atoms with Gasteiger partial charge in [0.1, 0.15) is 5.54 Å². The van der Waals surface area contributed by atoms with Gasteiger partial charge in [-0.2, -0.15) is 5.26 Å². The molecule has 4 nitrogen and oxygen atoms in total. The van der Waals surface area contributed by atoms with Crippen molar-refractivity contribution in [1.29, 1.82) is 5.26 Å². The second-order valence-electron chi connectivity index (χ2n) is 5.84. The zero-order chi connectivity index (χ0) is 13.6. The third-order valence-corrected chi connectivity index (χ3v) is 3.78. The highest BCUT2D eigenvalue weighted by atomic mass is 16.5. The molecule has 0 aromatic rings. The van der Waals surface area contributed by atoms with Gasteiger partial charge in [-0.15, -0.1) is 0 Å². The summed E-state index contributed by atoms with van der Waals surface area (Å²) in [5, 5.41) is 12.7. The van der Waals surface area contributed by atoms with Crippen molar-refractivity contribution in [2.75, 3.05) is 33.3 Å². The van der Waals surface area contributed by atoms with Crippen LogP contribution in [0, 0.1) is 11.3 Å². The van der Waals surface area contributed by atoms with E-state index in [-0.39, 0.29) is 5.60 Å². The fourth-order valence-electron chi connectivity index (χ4n) is 2.59. The van der Waals surface area contributed by atoms with Crippen LogP contribution in [0.4, 0.5) is 0 Å². The maximum atomic E-state index is 9.36. The molecule has 1 N–H and O–H groups in total. The van der Waals surface area contributed by atoms with Gasteiger partial charge < -0.3 is 4.74 Å². The van der Waals surface area contributed by atoms with Gasteiger partial charge in [0.25, 0.3) is 0 Å². The van der Waals surface area contributed by atoms with E-state index in [9.17, 15) is 5.26 Å². The molecule has 4 heteroatoms. The number of nitrogens with zero attached hydrogens (tertiary/aromatic N) is 2. The molecule has 0 radical (unpaired) electrons. The number of likely N-dealkylation sites (tertiary alicyclic amines) is 1. The second-order valence-corrected chi connectivity index (χ2v) is 5.84. The summed E-state index contributed by atoms with van der Waals surface area (Å²) in [6, 6.07) is 2.41. The highest BCUT2D eigenvalue weighted by Gasteiger charge is 2.34. The van der Waals surface area contributed by atoms with Crippen molar-refractivity contribution in [3.8, 4) is 6.07 Å². The van der Waals surface area contributed by atoms with Gasteiger partial charge in [-0.25, -0.2) is 0 Å². The molecule has 2 unspecified atom stereocenters. The Morgan fingerprint density at radius 1 is 1.56 bits per heavy atom. The SMILES string of the molecule is CCCNC(C)(C#N)CN1CCCC(C)(OC)C1. The fraction of sp³-hybridized carbons (Fsp3) is 0.929. The summed E-state index contributed by atoms with van der Waals surface area (Å²) >= 11 is 0. The van der Waals surface area contributed by atoms with Crippen LogP contribution in [0.3, 0.4) is 0 Å². The maximum Gasteiger partial charge on any atom is 0.116 e. The number of hydrogen-bond acceptors (Lipinski definition) is 4. The Kier molecular flexibility index (Phi) is 5.58. The molecule has 1 rings (SSSR count). The number of piperidine rings is 1. The average molecular weight is 253 g/mol. The number of nitriles is 1. The number of rotatable bonds is 6. The topological polar surface area (TPSA) is 48.3 Å². The first kappa shape index (κ1) is 15.4. The quantitative estimate of drug-likeness (QED) is 0.784. The fourth-order valence-corrected chi connectivity index (χ4v) is 2.59. The number of ether oxygens (including phenoxy) is 1. The first-order chi connectivity index (χ1) is 8.47. The molecule has 1 fully saturated rings. The van der Waals surface area contributed by atoms with E-state index in [2.05, 4.69) is 30.1 Å². The lowest BCUT2D eigenvalue weighted by Crippen LogP contribution is -2.56. The van der Waals surface area contributed by atoms with Crippen LogP contribution < -0.4 is 5.32 Å². The number of hydrogen-bond donors (Lipinski definition) is 1.